The van der Waals surface area contributed by atoms with Crippen LogP contribution >= 0.6 is 0 Å². The van der Waals surface area contributed by atoms with Crippen molar-refractivity contribution in [3.05, 3.63) is 29.8 Å². The number of nitrogens with one attached hydrogen (secondary N) is 2. The topological polar surface area (TPSA) is 93.7 Å². The van der Waals surface area contributed by atoms with Crippen LogP contribution in [0.4, 0.5) is 4.79 Å². The van der Waals surface area contributed by atoms with Gasteiger partial charge >= 0.3 is 12.0 Å². The molecule has 138 valence electrons. The average Bonchev–Trinajstić information content (AvgIpc) is 2.60. The zero-order chi connectivity index (χ0) is 18.7. The van der Waals surface area contributed by atoms with Crippen LogP contribution in [0.3, 0.4) is 0 Å². The van der Waals surface area contributed by atoms with Crippen LogP contribution in [0, 0.1) is 0 Å². The van der Waals surface area contributed by atoms with E-state index in [4.69, 9.17) is 9.47 Å². The second-order valence-electron chi connectivity index (χ2n) is 5.63. The molecule has 0 unspecified atom stereocenters. The first kappa shape index (κ1) is 20.5. The Kier molecular flexibility index (Phi) is 9.06. The van der Waals surface area contributed by atoms with Gasteiger partial charge in [-0.1, -0.05) is 20.3 Å². The van der Waals surface area contributed by atoms with Crippen LogP contribution in [0.1, 0.15) is 50.4 Å². The van der Waals surface area contributed by atoms with Crippen molar-refractivity contribution in [2.24, 2.45) is 0 Å². The van der Waals surface area contributed by atoms with Crippen molar-refractivity contribution in [1.82, 2.24) is 10.6 Å². The van der Waals surface area contributed by atoms with E-state index in [1.54, 1.807) is 24.3 Å². The third-order valence-electron chi connectivity index (χ3n) is 3.43. The first-order valence-corrected chi connectivity index (χ1v) is 8.46. The lowest BCUT2D eigenvalue weighted by Gasteiger charge is -2.12. The molecule has 0 aliphatic heterocycles. The number of benzene rings is 1. The van der Waals surface area contributed by atoms with Crippen LogP contribution in [-0.2, 0) is 9.53 Å². The fraction of sp³-hybridized carbons (Fsp3) is 0.500. The fourth-order valence-electron chi connectivity index (χ4n) is 1.75. The highest BCUT2D eigenvalue weighted by molar-refractivity contribution is 5.95. The second kappa shape index (κ2) is 11.1. The monoisotopic (exact) mass is 350 g/mol. The van der Waals surface area contributed by atoms with Crippen molar-refractivity contribution in [3.63, 3.8) is 0 Å². The molecule has 0 aromatic heterocycles. The van der Waals surface area contributed by atoms with Gasteiger partial charge in [-0.15, -0.1) is 0 Å². The molecular weight excluding hydrogens is 324 g/mol. The third kappa shape index (κ3) is 8.19. The van der Waals surface area contributed by atoms with Crippen LogP contribution in [0.25, 0.3) is 0 Å². The van der Waals surface area contributed by atoms with Gasteiger partial charge in [-0.25, -0.2) is 9.59 Å². The molecule has 25 heavy (non-hydrogen) atoms. The van der Waals surface area contributed by atoms with Crippen molar-refractivity contribution in [1.29, 1.82) is 0 Å². The minimum atomic E-state index is -0.552. The maximum absolute atomic E-state index is 11.8. The largest absolute Gasteiger partial charge is 0.484 e. The molecule has 1 atom stereocenters. The molecule has 0 radical (unpaired) electrons. The summed E-state index contributed by atoms with van der Waals surface area (Å²) in [6, 6.07) is 5.71. The summed E-state index contributed by atoms with van der Waals surface area (Å²) in [5, 5.41) is 4.81. The molecule has 2 N–H and O–H groups in total. The van der Waals surface area contributed by atoms with Crippen molar-refractivity contribution in [3.8, 4) is 5.75 Å². The summed E-state index contributed by atoms with van der Waals surface area (Å²) in [4.78, 5) is 34.9. The zero-order valence-corrected chi connectivity index (χ0v) is 15.0. The molecule has 3 amide bonds. The lowest BCUT2D eigenvalue weighted by Crippen LogP contribution is -2.44. The minimum Gasteiger partial charge on any atom is -0.484 e. The summed E-state index contributed by atoms with van der Waals surface area (Å²) >= 11 is 0. The van der Waals surface area contributed by atoms with Gasteiger partial charge in [0.25, 0.3) is 5.91 Å². The van der Waals surface area contributed by atoms with E-state index < -0.39 is 11.9 Å². The van der Waals surface area contributed by atoms with E-state index in [-0.39, 0.29) is 18.6 Å². The zero-order valence-electron chi connectivity index (χ0n) is 15.0. The number of amides is 3. The normalized spacial score (nSPS) is 11.3. The number of hydrogen-bond acceptors (Lipinski definition) is 5. The maximum Gasteiger partial charge on any atom is 0.338 e. The first-order valence-electron chi connectivity index (χ1n) is 8.46. The smallest absolute Gasteiger partial charge is 0.338 e. The molecule has 7 heteroatoms. The predicted octanol–water partition coefficient (Wildman–Crippen LogP) is 2.65. The molecule has 0 bridgehead atoms. The van der Waals surface area contributed by atoms with Gasteiger partial charge in [0.05, 0.1) is 12.2 Å². The second-order valence-corrected chi connectivity index (χ2v) is 5.63. The minimum absolute atomic E-state index is 0.0154. The van der Waals surface area contributed by atoms with Crippen LogP contribution in [0.5, 0.6) is 5.75 Å². The van der Waals surface area contributed by atoms with E-state index in [0.29, 0.717) is 17.9 Å². The van der Waals surface area contributed by atoms with Crippen molar-refractivity contribution in [2.75, 3.05) is 13.2 Å². The number of hydrogen-bond donors (Lipinski definition) is 2. The summed E-state index contributed by atoms with van der Waals surface area (Å²) in [6.45, 7) is 5.89. The predicted molar refractivity (Wildman–Crippen MR) is 93.6 cm³/mol. The van der Waals surface area contributed by atoms with E-state index >= 15 is 0 Å². The molecule has 0 aliphatic carbocycles. The molecule has 0 fully saturated rings. The Morgan fingerprint density at radius 1 is 1.12 bits per heavy atom. The van der Waals surface area contributed by atoms with Gasteiger partial charge < -0.3 is 14.8 Å². The Balaban J connectivity index is 2.39. The lowest BCUT2D eigenvalue weighted by atomic mass is 10.2. The molecule has 0 saturated heterocycles. The van der Waals surface area contributed by atoms with Gasteiger partial charge in [0, 0.05) is 6.04 Å². The Bertz CT molecular complexity index is 571. The van der Waals surface area contributed by atoms with Crippen LogP contribution in [-0.4, -0.2) is 37.2 Å². The van der Waals surface area contributed by atoms with Gasteiger partial charge in [-0.05, 0) is 44.0 Å². The third-order valence-corrected chi connectivity index (χ3v) is 3.43. The SMILES string of the molecule is CCCCOC(=O)c1ccc(OCC(=O)NC(=O)N[C@@H](C)CC)cc1. The van der Waals surface area contributed by atoms with E-state index in [0.717, 1.165) is 19.3 Å². The van der Waals surface area contributed by atoms with Crippen LogP contribution < -0.4 is 15.4 Å². The van der Waals surface area contributed by atoms with Gasteiger partial charge in [0.1, 0.15) is 5.75 Å². The number of urea groups is 1. The number of esters is 1. The summed E-state index contributed by atoms with van der Waals surface area (Å²) in [5.74, 6) is -0.522. The Hall–Kier alpha value is -2.57. The molecule has 0 aliphatic rings. The Morgan fingerprint density at radius 3 is 2.40 bits per heavy atom. The van der Waals surface area contributed by atoms with Gasteiger partial charge in [0.15, 0.2) is 6.61 Å². The quantitative estimate of drug-likeness (QED) is 0.527. The maximum atomic E-state index is 11.8. The van der Waals surface area contributed by atoms with E-state index in [2.05, 4.69) is 10.6 Å². The molecule has 1 rings (SSSR count). The highest BCUT2D eigenvalue weighted by atomic mass is 16.5. The molecule has 1 aromatic carbocycles. The van der Waals surface area contributed by atoms with Crippen molar-refractivity contribution < 1.29 is 23.9 Å². The van der Waals surface area contributed by atoms with Crippen molar-refractivity contribution >= 4 is 17.9 Å². The highest BCUT2D eigenvalue weighted by Crippen LogP contribution is 2.13. The van der Waals surface area contributed by atoms with Crippen LogP contribution in [0.15, 0.2) is 24.3 Å². The number of carbonyl (C=O) groups excluding carboxylic acids is 3. The standard InChI is InChI=1S/C18H26N2O5/c1-4-6-11-24-17(22)14-7-9-15(10-8-14)25-12-16(21)20-18(23)19-13(3)5-2/h7-10,13H,4-6,11-12H2,1-3H3,(H2,19,20,21,23)/t13-/m0/s1. The number of rotatable bonds is 9. The number of ether oxygens (including phenoxy) is 2. The molecule has 0 saturated carbocycles. The number of imide groups is 1. The summed E-state index contributed by atoms with van der Waals surface area (Å²) in [6.07, 6.45) is 2.55. The number of unbranched alkanes of at least 4 members (excludes halogenated alkanes) is 1. The molecular formula is C18H26N2O5. The summed E-state index contributed by atoms with van der Waals surface area (Å²) < 4.78 is 10.4. The van der Waals surface area contributed by atoms with Gasteiger partial charge in [0.2, 0.25) is 0 Å². The first-order chi connectivity index (χ1) is 12.0. The van der Waals surface area contributed by atoms with E-state index in [1.165, 1.54) is 0 Å². The molecule has 7 nitrogen and oxygen atoms in total. The van der Waals surface area contributed by atoms with Crippen molar-refractivity contribution in [2.45, 2.75) is 46.1 Å². The molecule has 0 heterocycles. The number of carbonyl (C=O) groups is 3. The van der Waals surface area contributed by atoms with E-state index in [9.17, 15) is 14.4 Å². The molecule has 1 aromatic rings. The highest BCUT2D eigenvalue weighted by Gasteiger charge is 2.11. The Morgan fingerprint density at radius 2 is 1.80 bits per heavy atom. The van der Waals surface area contributed by atoms with E-state index in [1.807, 2.05) is 20.8 Å². The van der Waals surface area contributed by atoms with Crippen LogP contribution in [0.2, 0.25) is 0 Å². The summed E-state index contributed by atoms with van der Waals surface area (Å²) in [7, 11) is 0. The molecule has 0 spiro atoms. The fourth-order valence-corrected chi connectivity index (χ4v) is 1.75. The van der Waals surface area contributed by atoms with Gasteiger partial charge in [-0.2, -0.15) is 0 Å². The Labute approximate surface area is 148 Å². The lowest BCUT2D eigenvalue weighted by molar-refractivity contribution is -0.122. The summed E-state index contributed by atoms with van der Waals surface area (Å²) in [5.41, 5.74) is 0.417. The van der Waals surface area contributed by atoms with Gasteiger partial charge in [-0.3, -0.25) is 10.1 Å². The average molecular weight is 350 g/mol.